The highest BCUT2D eigenvalue weighted by molar-refractivity contribution is 6.29. The third-order valence-corrected chi connectivity index (χ3v) is 1.12. The minimum absolute atomic E-state index is 0.293. The lowest BCUT2D eigenvalue weighted by Crippen LogP contribution is -1.95. The minimum Gasteiger partial charge on any atom is -0.478 e. The van der Waals surface area contributed by atoms with Gasteiger partial charge in [-0.25, -0.2) is 4.79 Å². The monoisotopic (exact) mass is 160 g/mol. The van der Waals surface area contributed by atoms with Gasteiger partial charge in [0.05, 0.1) is 0 Å². The summed E-state index contributed by atoms with van der Waals surface area (Å²) < 4.78 is 0. The molecule has 0 saturated carbocycles. The molecule has 0 aromatic rings. The zero-order chi connectivity index (χ0) is 8.15. The molecular formula is C7H9ClO2. The van der Waals surface area contributed by atoms with Crippen molar-refractivity contribution in [3.63, 3.8) is 0 Å². The van der Waals surface area contributed by atoms with Gasteiger partial charge < -0.3 is 5.11 Å². The van der Waals surface area contributed by atoms with E-state index in [2.05, 4.69) is 6.58 Å². The maximum absolute atomic E-state index is 10.2. The highest BCUT2D eigenvalue weighted by Gasteiger charge is 1.97. The molecular weight excluding hydrogens is 152 g/mol. The van der Waals surface area contributed by atoms with Gasteiger partial charge in [0, 0.05) is 17.0 Å². The van der Waals surface area contributed by atoms with Crippen molar-refractivity contribution in [2.45, 2.75) is 13.3 Å². The van der Waals surface area contributed by atoms with E-state index in [0.717, 1.165) is 0 Å². The molecule has 1 N–H and O–H groups in total. The molecule has 0 radical (unpaired) electrons. The standard InChI is InChI=1S/C7H9ClO2/c1-5(7(9)10)3-4-6(2)8/h3H,2,4H2,1H3,(H,9,10). The van der Waals surface area contributed by atoms with Crippen molar-refractivity contribution in [1.29, 1.82) is 0 Å². The van der Waals surface area contributed by atoms with Gasteiger partial charge in [-0.1, -0.05) is 24.3 Å². The second-order valence-corrected chi connectivity index (χ2v) is 2.45. The van der Waals surface area contributed by atoms with Crippen LogP contribution in [0.3, 0.4) is 0 Å². The van der Waals surface area contributed by atoms with Gasteiger partial charge in [0.2, 0.25) is 0 Å². The highest BCUT2D eigenvalue weighted by Crippen LogP contribution is 2.06. The average Bonchev–Trinajstić information content (AvgIpc) is 1.82. The first kappa shape index (κ1) is 9.24. The van der Waals surface area contributed by atoms with Gasteiger partial charge in [-0.3, -0.25) is 0 Å². The molecule has 0 aliphatic heterocycles. The van der Waals surface area contributed by atoms with Crippen molar-refractivity contribution in [3.05, 3.63) is 23.3 Å². The van der Waals surface area contributed by atoms with Crippen molar-refractivity contribution in [1.82, 2.24) is 0 Å². The summed E-state index contributed by atoms with van der Waals surface area (Å²) in [5, 5.41) is 8.80. The number of carbonyl (C=O) groups is 1. The van der Waals surface area contributed by atoms with Crippen LogP contribution in [-0.4, -0.2) is 11.1 Å². The third-order valence-electron chi connectivity index (χ3n) is 0.967. The largest absolute Gasteiger partial charge is 0.478 e. The van der Waals surface area contributed by atoms with Crippen LogP contribution in [0.1, 0.15) is 13.3 Å². The maximum Gasteiger partial charge on any atom is 0.330 e. The second kappa shape index (κ2) is 4.12. The number of allylic oxidation sites excluding steroid dienone is 2. The van der Waals surface area contributed by atoms with E-state index in [0.29, 0.717) is 17.0 Å². The molecule has 0 fully saturated rings. The zero-order valence-electron chi connectivity index (χ0n) is 5.72. The number of carboxylic acids is 1. The Morgan fingerprint density at radius 2 is 2.30 bits per heavy atom. The first-order valence-electron chi connectivity index (χ1n) is 2.77. The summed E-state index contributed by atoms with van der Waals surface area (Å²) in [7, 11) is 0. The summed E-state index contributed by atoms with van der Waals surface area (Å²) in [5.74, 6) is -0.919. The van der Waals surface area contributed by atoms with Gasteiger partial charge in [0.15, 0.2) is 0 Å². The Morgan fingerprint density at radius 1 is 1.80 bits per heavy atom. The van der Waals surface area contributed by atoms with Crippen LogP contribution < -0.4 is 0 Å². The van der Waals surface area contributed by atoms with Gasteiger partial charge >= 0.3 is 5.97 Å². The van der Waals surface area contributed by atoms with Crippen LogP contribution >= 0.6 is 11.6 Å². The molecule has 0 bridgehead atoms. The highest BCUT2D eigenvalue weighted by atomic mass is 35.5. The number of carboxylic acid groups (broad SMARTS) is 1. The molecule has 3 heteroatoms. The third kappa shape index (κ3) is 4.15. The predicted octanol–water partition coefficient (Wildman–Crippen LogP) is 2.16. The fourth-order valence-electron chi connectivity index (χ4n) is 0.351. The van der Waals surface area contributed by atoms with Gasteiger partial charge in [0.1, 0.15) is 0 Å². The van der Waals surface area contributed by atoms with Crippen LogP contribution in [0, 0.1) is 0 Å². The van der Waals surface area contributed by atoms with E-state index in [1.54, 1.807) is 0 Å². The van der Waals surface area contributed by atoms with E-state index < -0.39 is 5.97 Å². The lowest BCUT2D eigenvalue weighted by Gasteiger charge is -1.91. The average molecular weight is 161 g/mol. The quantitative estimate of drug-likeness (QED) is 0.643. The van der Waals surface area contributed by atoms with E-state index in [1.807, 2.05) is 0 Å². The summed E-state index contributed by atoms with van der Waals surface area (Å²) in [4.78, 5) is 10.2. The molecule has 0 amide bonds. The molecule has 0 rings (SSSR count). The van der Waals surface area contributed by atoms with Gasteiger partial charge in [0.25, 0.3) is 0 Å². The lowest BCUT2D eigenvalue weighted by atomic mass is 10.2. The molecule has 0 spiro atoms. The molecule has 0 unspecified atom stereocenters. The number of aliphatic carboxylic acids is 1. The van der Waals surface area contributed by atoms with Gasteiger partial charge in [-0.2, -0.15) is 0 Å². The molecule has 0 aliphatic carbocycles. The Bertz CT molecular complexity index is 182. The van der Waals surface area contributed by atoms with Gasteiger partial charge in [-0.15, -0.1) is 0 Å². The molecule has 0 aromatic heterocycles. The van der Waals surface area contributed by atoms with Crippen LogP contribution in [0.4, 0.5) is 0 Å². The van der Waals surface area contributed by atoms with Crippen LogP contribution in [0.25, 0.3) is 0 Å². The fourth-order valence-corrected chi connectivity index (χ4v) is 0.428. The summed E-state index contributed by atoms with van der Waals surface area (Å²) in [6.45, 7) is 4.93. The van der Waals surface area contributed by atoms with Crippen LogP contribution in [0.2, 0.25) is 0 Å². The molecule has 0 atom stereocenters. The van der Waals surface area contributed by atoms with Crippen molar-refractivity contribution in [2.75, 3.05) is 0 Å². The molecule has 0 aliphatic rings. The Labute approximate surface area is 64.8 Å². The topological polar surface area (TPSA) is 37.3 Å². The maximum atomic E-state index is 10.2. The minimum atomic E-state index is -0.919. The molecule has 0 heterocycles. The Balaban J connectivity index is 3.92. The molecule has 2 nitrogen and oxygen atoms in total. The van der Waals surface area contributed by atoms with E-state index >= 15 is 0 Å². The van der Waals surface area contributed by atoms with Gasteiger partial charge in [-0.05, 0) is 6.92 Å². The zero-order valence-corrected chi connectivity index (χ0v) is 6.48. The summed E-state index contributed by atoms with van der Waals surface area (Å²) in [5.41, 5.74) is 0.293. The smallest absolute Gasteiger partial charge is 0.330 e. The number of rotatable bonds is 3. The fraction of sp³-hybridized carbons (Fsp3) is 0.286. The SMILES string of the molecule is C=C(Cl)CC=C(C)C(=O)O. The summed E-state index contributed by atoms with van der Waals surface area (Å²) >= 11 is 5.39. The molecule has 0 aromatic carbocycles. The van der Waals surface area contributed by atoms with Crippen molar-refractivity contribution in [2.24, 2.45) is 0 Å². The first-order valence-corrected chi connectivity index (χ1v) is 3.15. The van der Waals surface area contributed by atoms with Crippen LogP contribution in [0.15, 0.2) is 23.3 Å². The van der Waals surface area contributed by atoms with E-state index in [-0.39, 0.29) is 0 Å². The predicted molar refractivity (Wildman–Crippen MR) is 41.0 cm³/mol. The first-order chi connectivity index (χ1) is 4.54. The normalized spacial score (nSPS) is 11.2. The van der Waals surface area contributed by atoms with Crippen molar-refractivity contribution in [3.8, 4) is 0 Å². The summed E-state index contributed by atoms with van der Waals surface area (Å²) in [6, 6.07) is 0. The van der Waals surface area contributed by atoms with E-state index in [9.17, 15) is 4.79 Å². The van der Waals surface area contributed by atoms with E-state index in [1.165, 1.54) is 13.0 Å². The van der Waals surface area contributed by atoms with Crippen molar-refractivity contribution < 1.29 is 9.90 Å². The van der Waals surface area contributed by atoms with Crippen LogP contribution in [0.5, 0.6) is 0 Å². The summed E-state index contributed by atoms with van der Waals surface area (Å²) in [6.07, 6.45) is 1.94. The van der Waals surface area contributed by atoms with E-state index in [4.69, 9.17) is 16.7 Å². The van der Waals surface area contributed by atoms with Crippen molar-refractivity contribution >= 4 is 17.6 Å². The second-order valence-electron chi connectivity index (χ2n) is 1.91. The molecule has 0 saturated heterocycles. The van der Waals surface area contributed by atoms with Crippen LogP contribution in [-0.2, 0) is 4.79 Å². The lowest BCUT2D eigenvalue weighted by molar-refractivity contribution is -0.132. The Morgan fingerprint density at radius 3 is 2.60 bits per heavy atom. The molecule has 10 heavy (non-hydrogen) atoms. The number of hydrogen-bond acceptors (Lipinski definition) is 1. The number of halogens is 1. The Kier molecular flexibility index (Phi) is 3.81. The molecule has 56 valence electrons. The Hall–Kier alpha value is -0.760. The number of hydrogen-bond donors (Lipinski definition) is 1.